The van der Waals surface area contributed by atoms with Crippen LogP contribution < -0.4 is 5.32 Å². The standard InChI is InChI=1S/C11H19NO/c1-6-7-12-9-8-10(2,3)13-11(9,4)5/h1,9,12H,7-8H2,2-5H3. The molecule has 0 amide bonds. The number of hydrogen-bond donors (Lipinski definition) is 1. The highest BCUT2D eigenvalue weighted by Gasteiger charge is 2.45. The Labute approximate surface area is 81.0 Å². The minimum absolute atomic E-state index is 0.0320. The smallest absolute Gasteiger partial charge is 0.0787 e. The van der Waals surface area contributed by atoms with Crippen molar-refractivity contribution in [3.8, 4) is 12.3 Å². The maximum absolute atomic E-state index is 5.91. The summed E-state index contributed by atoms with van der Waals surface area (Å²) >= 11 is 0. The number of terminal acetylenes is 1. The van der Waals surface area contributed by atoms with E-state index >= 15 is 0 Å². The Bertz CT molecular complexity index is 225. The molecular weight excluding hydrogens is 162 g/mol. The van der Waals surface area contributed by atoms with Crippen LogP contribution in [0.25, 0.3) is 0 Å². The van der Waals surface area contributed by atoms with Gasteiger partial charge in [0.25, 0.3) is 0 Å². The lowest BCUT2D eigenvalue weighted by Crippen LogP contribution is -2.43. The summed E-state index contributed by atoms with van der Waals surface area (Å²) in [6, 6.07) is 0.360. The van der Waals surface area contributed by atoms with E-state index in [2.05, 4.69) is 38.9 Å². The second kappa shape index (κ2) is 3.32. The van der Waals surface area contributed by atoms with Gasteiger partial charge in [0, 0.05) is 6.04 Å². The van der Waals surface area contributed by atoms with Crippen LogP contribution in [0.3, 0.4) is 0 Å². The van der Waals surface area contributed by atoms with E-state index in [0.29, 0.717) is 12.6 Å². The van der Waals surface area contributed by atoms with Crippen molar-refractivity contribution in [1.82, 2.24) is 5.32 Å². The summed E-state index contributed by atoms with van der Waals surface area (Å²) in [6.45, 7) is 9.07. The lowest BCUT2D eigenvalue weighted by molar-refractivity contribution is -0.0695. The second-order valence-corrected chi connectivity index (χ2v) is 4.81. The molecule has 0 radical (unpaired) electrons. The average Bonchev–Trinajstić information content (AvgIpc) is 2.14. The fourth-order valence-corrected chi connectivity index (χ4v) is 2.06. The third kappa shape index (κ3) is 2.46. The van der Waals surface area contributed by atoms with Gasteiger partial charge in [0.15, 0.2) is 0 Å². The largest absolute Gasteiger partial charge is 0.368 e. The molecule has 0 spiro atoms. The third-order valence-electron chi connectivity index (χ3n) is 2.52. The van der Waals surface area contributed by atoms with Gasteiger partial charge in [-0.25, -0.2) is 0 Å². The highest BCUT2D eigenvalue weighted by atomic mass is 16.5. The molecule has 1 N–H and O–H groups in total. The van der Waals surface area contributed by atoms with Crippen LogP contribution in [0.15, 0.2) is 0 Å². The van der Waals surface area contributed by atoms with Crippen LogP contribution in [0.1, 0.15) is 34.1 Å². The van der Waals surface area contributed by atoms with Crippen molar-refractivity contribution in [2.45, 2.75) is 51.4 Å². The third-order valence-corrected chi connectivity index (χ3v) is 2.52. The lowest BCUT2D eigenvalue weighted by Gasteiger charge is -2.27. The summed E-state index contributed by atoms with van der Waals surface area (Å²) in [5.41, 5.74) is -0.143. The first-order valence-corrected chi connectivity index (χ1v) is 4.74. The van der Waals surface area contributed by atoms with Gasteiger partial charge in [-0.3, -0.25) is 0 Å². The summed E-state index contributed by atoms with van der Waals surface area (Å²) in [6.07, 6.45) is 6.23. The first-order chi connectivity index (χ1) is 5.87. The quantitative estimate of drug-likeness (QED) is 0.653. The molecule has 0 aromatic carbocycles. The number of nitrogens with one attached hydrogen (secondary N) is 1. The molecule has 1 aliphatic rings. The molecule has 1 atom stereocenters. The van der Waals surface area contributed by atoms with Gasteiger partial charge in [-0.2, -0.15) is 0 Å². The van der Waals surface area contributed by atoms with Crippen LogP contribution in [-0.2, 0) is 4.74 Å². The van der Waals surface area contributed by atoms with Crippen molar-refractivity contribution < 1.29 is 4.74 Å². The van der Waals surface area contributed by atoms with Gasteiger partial charge < -0.3 is 10.1 Å². The Morgan fingerprint density at radius 3 is 2.46 bits per heavy atom. The SMILES string of the molecule is C#CCNC1CC(C)(C)OC1(C)C. The van der Waals surface area contributed by atoms with Crippen molar-refractivity contribution in [2.24, 2.45) is 0 Å². The number of rotatable bonds is 2. The molecule has 2 heteroatoms. The Morgan fingerprint density at radius 1 is 1.46 bits per heavy atom. The molecule has 0 aromatic rings. The summed E-state index contributed by atoms with van der Waals surface area (Å²) < 4.78 is 5.91. The summed E-state index contributed by atoms with van der Waals surface area (Å²) in [5, 5.41) is 3.32. The molecular formula is C11H19NO. The van der Waals surface area contributed by atoms with Crippen molar-refractivity contribution >= 4 is 0 Å². The first kappa shape index (κ1) is 10.6. The molecule has 2 nitrogen and oxygen atoms in total. The Kier molecular flexibility index (Phi) is 2.70. The van der Waals surface area contributed by atoms with Crippen LogP contribution in [0.5, 0.6) is 0 Å². The van der Waals surface area contributed by atoms with Crippen LogP contribution in [-0.4, -0.2) is 23.8 Å². The van der Waals surface area contributed by atoms with Gasteiger partial charge in [0.05, 0.1) is 17.7 Å². The average molecular weight is 181 g/mol. The zero-order valence-corrected chi connectivity index (χ0v) is 8.98. The molecule has 0 aromatic heterocycles. The van der Waals surface area contributed by atoms with Crippen molar-refractivity contribution in [3.05, 3.63) is 0 Å². The molecule has 1 fully saturated rings. The Morgan fingerprint density at radius 2 is 2.08 bits per heavy atom. The molecule has 13 heavy (non-hydrogen) atoms. The zero-order chi connectivity index (χ0) is 10.1. The van der Waals surface area contributed by atoms with Gasteiger partial charge in [-0.05, 0) is 34.1 Å². The van der Waals surface area contributed by atoms with E-state index in [0.717, 1.165) is 6.42 Å². The molecule has 1 rings (SSSR count). The van der Waals surface area contributed by atoms with Gasteiger partial charge in [0.2, 0.25) is 0 Å². The maximum atomic E-state index is 5.91. The van der Waals surface area contributed by atoms with Crippen LogP contribution in [0.2, 0.25) is 0 Å². The lowest BCUT2D eigenvalue weighted by atomic mass is 9.94. The minimum Gasteiger partial charge on any atom is -0.368 e. The predicted molar refractivity (Wildman–Crippen MR) is 54.5 cm³/mol. The molecule has 1 saturated heterocycles. The normalized spacial score (nSPS) is 29.9. The molecule has 0 saturated carbocycles. The number of hydrogen-bond acceptors (Lipinski definition) is 2. The zero-order valence-electron chi connectivity index (χ0n) is 8.98. The van der Waals surface area contributed by atoms with E-state index in [-0.39, 0.29) is 11.2 Å². The van der Waals surface area contributed by atoms with Crippen LogP contribution in [0.4, 0.5) is 0 Å². The van der Waals surface area contributed by atoms with Crippen molar-refractivity contribution in [3.63, 3.8) is 0 Å². The molecule has 1 unspecified atom stereocenters. The van der Waals surface area contributed by atoms with Crippen molar-refractivity contribution in [1.29, 1.82) is 0 Å². The van der Waals surface area contributed by atoms with Crippen LogP contribution >= 0.6 is 0 Å². The summed E-state index contributed by atoms with van der Waals surface area (Å²) in [4.78, 5) is 0. The fourth-order valence-electron chi connectivity index (χ4n) is 2.06. The van der Waals surface area contributed by atoms with Gasteiger partial charge >= 0.3 is 0 Å². The van der Waals surface area contributed by atoms with E-state index < -0.39 is 0 Å². The van der Waals surface area contributed by atoms with E-state index in [1.165, 1.54) is 0 Å². The van der Waals surface area contributed by atoms with E-state index in [9.17, 15) is 0 Å². The summed E-state index contributed by atoms with van der Waals surface area (Å²) in [5.74, 6) is 2.59. The highest BCUT2D eigenvalue weighted by molar-refractivity contribution is 5.01. The van der Waals surface area contributed by atoms with Crippen LogP contribution in [0, 0.1) is 12.3 Å². The highest BCUT2D eigenvalue weighted by Crippen LogP contribution is 2.36. The van der Waals surface area contributed by atoms with E-state index in [1.54, 1.807) is 0 Å². The second-order valence-electron chi connectivity index (χ2n) is 4.81. The molecule has 74 valence electrons. The van der Waals surface area contributed by atoms with E-state index in [4.69, 9.17) is 11.2 Å². The van der Waals surface area contributed by atoms with Gasteiger partial charge in [-0.1, -0.05) is 5.92 Å². The molecule has 0 bridgehead atoms. The topological polar surface area (TPSA) is 21.3 Å². The first-order valence-electron chi connectivity index (χ1n) is 4.74. The predicted octanol–water partition coefficient (Wildman–Crippen LogP) is 1.56. The summed E-state index contributed by atoms with van der Waals surface area (Å²) in [7, 11) is 0. The van der Waals surface area contributed by atoms with Gasteiger partial charge in [-0.15, -0.1) is 6.42 Å². The molecule has 1 heterocycles. The fraction of sp³-hybridized carbons (Fsp3) is 0.818. The van der Waals surface area contributed by atoms with E-state index in [1.807, 2.05) is 0 Å². The molecule has 0 aliphatic carbocycles. The van der Waals surface area contributed by atoms with Crippen molar-refractivity contribution in [2.75, 3.05) is 6.54 Å². The van der Waals surface area contributed by atoms with Gasteiger partial charge in [0.1, 0.15) is 0 Å². The monoisotopic (exact) mass is 181 g/mol. The number of ether oxygens (including phenoxy) is 1. The Hall–Kier alpha value is -0.520. The molecule has 1 aliphatic heterocycles. The maximum Gasteiger partial charge on any atom is 0.0787 e. The Balaban J connectivity index is 2.61. The minimum atomic E-state index is -0.111.